The molecule has 1 heterocycles. The molecule has 4 bridgehead atoms. The van der Waals surface area contributed by atoms with Crippen LogP contribution in [0.15, 0.2) is 24.3 Å². The van der Waals surface area contributed by atoms with E-state index in [1.165, 1.54) is 38.5 Å². The molecule has 0 unspecified atom stereocenters. The van der Waals surface area contributed by atoms with Gasteiger partial charge in [-0.15, -0.1) is 0 Å². The fourth-order valence-corrected chi connectivity index (χ4v) is 7.04. The van der Waals surface area contributed by atoms with Crippen LogP contribution in [0.1, 0.15) is 68.9 Å². The van der Waals surface area contributed by atoms with Gasteiger partial charge in [0.25, 0.3) is 0 Å². The molecule has 6 rings (SSSR count). The molecule has 4 aliphatic carbocycles. The molecule has 4 heteroatoms. The molecule has 1 aliphatic heterocycles. The molecule has 0 aromatic heterocycles. The molecule has 5 fully saturated rings. The van der Waals surface area contributed by atoms with Crippen LogP contribution in [-0.4, -0.2) is 23.3 Å². The minimum Gasteiger partial charge on any atom is -0.352 e. The van der Waals surface area contributed by atoms with Crippen LogP contribution in [-0.2, 0) is 22.7 Å². The Morgan fingerprint density at radius 3 is 2.39 bits per heavy atom. The van der Waals surface area contributed by atoms with E-state index in [-0.39, 0.29) is 11.8 Å². The van der Waals surface area contributed by atoms with Crippen molar-refractivity contribution in [1.29, 1.82) is 0 Å². The Morgan fingerprint density at radius 2 is 1.75 bits per heavy atom. The van der Waals surface area contributed by atoms with Gasteiger partial charge in [0.1, 0.15) is 0 Å². The Balaban J connectivity index is 1.16. The Labute approximate surface area is 168 Å². The first-order chi connectivity index (χ1) is 13.6. The van der Waals surface area contributed by atoms with Gasteiger partial charge in [-0.05, 0) is 79.2 Å². The zero-order valence-electron chi connectivity index (χ0n) is 16.8. The third-order valence-electron chi connectivity index (χ3n) is 7.73. The normalized spacial score (nSPS) is 33.5. The van der Waals surface area contributed by atoms with E-state index in [2.05, 4.69) is 23.5 Å². The zero-order valence-corrected chi connectivity index (χ0v) is 16.8. The Kier molecular flexibility index (Phi) is 4.68. The van der Waals surface area contributed by atoms with Crippen molar-refractivity contribution in [1.82, 2.24) is 10.2 Å². The summed E-state index contributed by atoms with van der Waals surface area (Å²) in [7, 11) is 0. The van der Waals surface area contributed by atoms with Gasteiger partial charge < -0.3 is 10.2 Å². The highest BCUT2D eigenvalue weighted by Crippen LogP contribution is 2.61. The van der Waals surface area contributed by atoms with Crippen LogP contribution in [0, 0.1) is 23.2 Å². The van der Waals surface area contributed by atoms with Crippen molar-refractivity contribution in [3.8, 4) is 0 Å². The summed E-state index contributed by atoms with van der Waals surface area (Å²) in [6.45, 7) is 2.14. The van der Waals surface area contributed by atoms with Gasteiger partial charge >= 0.3 is 0 Å². The van der Waals surface area contributed by atoms with Gasteiger partial charge in [-0.2, -0.15) is 0 Å². The standard InChI is InChI=1S/C24H32N2O2/c27-22(14-24-11-19-8-20(12-24)10-21(9-19)13-24)25-15-17-3-1-4-18(7-17)16-26-6-2-5-23(26)28/h1,3-4,7,19-21H,2,5-6,8-16H2,(H,25,27). The van der Waals surface area contributed by atoms with E-state index in [0.717, 1.165) is 48.3 Å². The maximum atomic E-state index is 12.7. The largest absolute Gasteiger partial charge is 0.352 e. The predicted octanol–water partition coefficient (Wildman–Crippen LogP) is 4.03. The van der Waals surface area contributed by atoms with Crippen LogP contribution in [0.3, 0.4) is 0 Å². The third-order valence-corrected chi connectivity index (χ3v) is 7.73. The van der Waals surface area contributed by atoms with Crippen molar-refractivity contribution < 1.29 is 9.59 Å². The summed E-state index contributed by atoms with van der Waals surface area (Å²) in [5, 5.41) is 3.18. The lowest BCUT2D eigenvalue weighted by molar-refractivity contribution is -0.130. The van der Waals surface area contributed by atoms with Crippen LogP contribution in [0.4, 0.5) is 0 Å². The fraction of sp³-hybridized carbons (Fsp3) is 0.667. The zero-order chi connectivity index (χ0) is 19.1. The first-order valence-corrected chi connectivity index (χ1v) is 11.2. The van der Waals surface area contributed by atoms with Crippen LogP contribution in [0.2, 0.25) is 0 Å². The number of hydrogen-bond acceptors (Lipinski definition) is 2. The molecule has 4 nitrogen and oxygen atoms in total. The number of carbonyl (C=O) groups excluding carboxylic acids is 2. The average molecular weight is 381 g/mol. The second-order valence-corrected chi connectivity index (χ2v) is 10.1. The topological polar surface area (TPSA) is 49.4 Å². The monoisotopic (exact) mass is 380 g/mol. The van der Waals surface area contributed by atoms with E-state index in [9.17, 15) is 9.59 Å². The minimum atomic E-state index is 0.224. The number of benzene rings is 1. The number of amides is 2. The number of nitrogens with one attached hydrogen (secondary N) is 1. The molecule has 2 amide bonds. The van der Waals surface area contributed by atoms with Gasteiger partial charge in [-0.3, -0.25) is 9.59 Å². The molecule has 1 aromatic rings. The quantitative estimate of drug-likeness (QED) is 0.810. The van der Waals surface area contributed by atoms with Gasteiger partial charge in [-0.1, -0.05) is 24.3 Å². The van der Waals surface area contributed by atoms with Crippen LogP contribution >= 0.6 is 0 Å². The van der Waals surface area contributed by atoms with E-state index in [1.54, 1.807) is 0 Å². The lowest BCUT2D eigenvalue weighted by atomic mass is 9.49. The summed E-state index contributed by atoms with van der Waals surface area (Å²) in [4.78, 5) is 26.5. The summed E-state index contributed by atoms with van der Waals surface area (Å²) in [5.74, 6) is 3.16. The molecule has 28 heavy (non-hydrogen) atoms. The van der Waals surface area contributed by atoms with Crippen LogP contribution in [0.5, 0.6) is 0 Å². The lowest BCUT2D eigenvalue weighted by Crippen LogP contribution is -2.47. The average Bonchev–Trinajstić information content (AvgIpc) is 3.03. The highest BCUT2D eigenvalue weighted by atomic mass is 16.2. The van der Waals surface area contributed by atoms with E-state index < -0.39 is 0 Å². The molecule has 1 saturated heterocycles. The van der Waals surface area contributed by atoms with E-state index in [4.69, 9.17) is 0 Å². The van der Waals surface area contributed by atoms with Crippen molar-refractivity contribution in [2.45, 2.75) is 70.9 Å². The Morgan fingerprint density at radius 1 is 1.07 bits per heavy atom. The molecule has 5 aliphatic rings. The smallest absolute Gasteiger partial charge is 0.222 e. The predicted molar refractivity (Wildman–Crippen MR) is 108 cm³/mol. The summed E-state index contributed by atoms with van der Waals surface area (Å²) < 4.78 is 0. The van der Waals surface area contributed by atoms with Gasteiger partial charge in [0.15, 0.2) is 0 Å². The molecule has 0 radical (unpaired) electrons. The highest BCUT2D eigenvalue weighted by Gasteiger charge is 2.51. The summed E-state index contributed by atoms with van der Waals surface area (Å²) in [6, 6.07) is 8.32. The summed E-state index contributed by atoms with van der Waals surface area (Å²) in [5.41, 5.74) is 2.59. The van der Waals surface area contributed by atoms with Crippen LogP contribution in [0.25, 0.3) is 0 Å². The summed E-state index contributed by atoms with van der Waals surface area (Å²) >= 11 is 0. The molecular weight excluding hydrogens is 348 g/mol. The van der Waals surface area contributed by atoms with Gasteiger partial charge in [-0.25, -0.2) is 0 Å². The molecule has 0 atom stereocenters. The third kappa shape index (κ3) is 3.70. The Hall–Kier alpha value is -1.84. The van der Waals surface area contributed by atoms with Crippen molar-refractivity contribution in [2.24, 2.45) is 23.2 Å². The van der Waals surface area contributed by atoms with Gasteiger partial charge in [0, 0.05) is 32.5 Å². The van der Waals surface area contributed by atoms with Crippen molar-refractivity contribution in [3.05, 3.63) is 35.4 Å². The Bertz CT molecular complexity index is 736. The number of hydrogen-bond donors (Lipinski definition) is 1. The molecule has 1 N–H and O–H groups in total. The van der Waals surface area contributed by atoms with E-state index in [1.807, 2.05) is 11.0 Å². The van der Waals surface area contributed by atoms with Gasteiger partial charge in [0.2, 0.25) is 11.8 Å². The second kappa shape index (κ2) is 7.20. The van der Waals surface area contributed by atoms with Crippen LogP contribution < -0.4 is 5.32 Å². The molecular formula is C24H32N2O2. The molecule has 150 valence electrons. The van der Waals surface area contributed by atoms with Crippen molar-refractivity contribution >= 4 is 11.8 Å². The second-order valence-electron chi connectivity index (χ2n) is 10.1. The first kappa shape index (κ1) is 18.2. The minimum absolute atomic E-state index is 0.224. The molecule has 4 saturated carbocycles. The van der Waals surface area contributed by atoms with E-state index in [0.29, 0.717) is 24.9 Å². The first-order valence-electron chi connectivity index (χ1n) is 11.2. The fourth-order valence-electron chi connectivity index (χ4n) is 7.04. The highest BCUT2D eigenvalue weighted by molar-refractivity contribution is 5.78. The van der Waals surface area contributed by atoms with Gasteiger partial charge in [0.05, 0.1) is 0 Å². The number of rotatable bonds is 6. The lowest BCUT2D eigenvalue weighted by Gasteiger charge is -2.56. The summed E-state index contributed by atoms with van der Waals surface area (Å²) in [6.07, 6.45) is 10.5. The number of likely N-dealkylation sites (tertiary alicyclic amines) is 1. The van der Waals surface area contributed by atoms with Crippen molar-refractivity contribution in [2.75, 3.05) is 6.54 Å². The maximum Gasteiger partial charge on any atom is 0.222 e. The SMILES string of the molecule is O=C(CC12CC3CC(CC(C3)C1)C2)NCc1cccc(CN2CCCC2=O)c1. The molecule has 0 spiro atoms. The number of carbonyl (C=O) groups is 2. The van der Waals surface area contributed by atoms with Crippen molar-refractivity contribution in [3.63, 3.8) is 0 Å². The number of nitrogens with zero attached hydrogens (tertiary/aromatic N) is 1. The van der Waals surface area contributed by atoms with E-state index >= 15 is 0 Å². The molecule has 1 aromatic carbocycles. The maximum absolute atomic E-state index is 12.7.